The van der Waals surface area contributed by atoms with Crippen LogP contribution in [0.25, 0.3) is 0 Å². The second-order valence-corrected chi connectivity index (χ2v) is 4.52. The third kappa shape index (κ3) is 0.664. The SMILES string of the molecule is CC1(C)CC2CC(=O)[C@H]1C2. The topological polar surface area (TPSA) is 17.1 Å². The van der Waals surface area contributed by atoms with Crippen LogP contribution in [0, 0.1) is 17.3 Å². The molecular weight excluding hydrogens is 124 g/mol. The fourth-order valence-corrected chi connectivity index (χ4v) is 2.77. The Bertz CT molecular complexity index is 181. The van der Waals surface area contributed by atoms with Crippen LogP contribution in [-0.2, 0) is 4.79 Å². The number of fused-ring (bicyclic) bond motifs is 2. The van der Waals surface area contributed by atoms with Gasteiger partial charge < -0.3 is 0 Å². The highest BCUT2D eigenvalue weighted by Crippen LogP contribution is 2.53. The van der Waals surface area contributed by atoms with Gasteiger partial charge in [-0.2, -0.15) is 0 Å². The summed E-state index contributed by atoms with van der Waals surface area (Å²) >= 11 is 0. The average molecular weight is 138 g/mol. The van der Waals surface area contributed by atoms with E-state index in [2.05, 4.69) is 13.8 Å². The maximum Gasteiger partial charge on any atom is 0.136 e. The number of carbonyl (C=O) groups excluding carboxylic acids is 1. The molecule has 0 amide bonds. The Morgan fingerprint density at radius 3 is 2.50 bits per heavy atom. The summed E-state index contributed by atoms with van der Waals surface area (Å²) in [6.07, 6.45) is 3.35. The number of hydrogen-bond acceptors (Lipinski definition) is 1. The van der Waals surface area contributed by atoms with Crippen LogP contribution in [-0.4, -0.2) is 5.78 Å². The van der Waals surface area contributed by atoms with E-state index >= 15 is 0 Å². The minimum Gasteiger partial charge on any atom is -0.299 e. The van der Waals surface area contributed by atoms with E-state index in [0.717, 1.165) is 12.3 Å². The second kappa shape index (κ2) is 1.63. The summed E-state index contributed by atoms with van der Waals surface area (Å²) in [5.74, 6) is 1.69. The maximum absolute atomic E-state index is 11.3. The van der Waals surface area contributed by atoms with Gasteiger partial charge in [0.15, 0.2) is 0 Å². The highest BCUT2D eigenvalue weighted by Gasteiger charge is 2.49. The highest BCUT2D eigenvalue weighted by molar-refractivity contribution is 5.85. The number of carbonyl (C=O) groups is 1. The standard InChI is InChI=1S/C9H14O/c1-9(2)5-6-3-7(9)8(10)4-6/h6-7H,3-5H2,1-2H3/t6?,7-/m1/s1. The Kier molecular flexibility index (Phi) is 1.04. The van der Waals surface area contributed by atoms with E-state index in [4.69, 9.17) is 0 Å². The summed E-state index contributed by atoms with van der Waals surface area (Å²) in [5, 5.41) is 0. The summed E-state index contributed by atoms with van der Waals surface area (Å²) in [5.41, 5.74) is 0.333. The Labute approximate surface area is 61.8 Å². The first kappa shape index (κ1) is 6.38. The molecule has 2 bridgehead atoms. The number of rotatable bonds is 0. The minimum atomic E-state index is 0.333. The predicted molar refractivity (Wildman–Crippen MR) is 39.6 cm³/mol. The van der Waals surface area contributed by atoms with Crippen molar-refractivity contribution in [1.82, 2.24) is 0 Å². The van der Waals surface area contributed by atoms with Crippen molar-refractivity contribution in [2.45, 2.75) is 33.1 Å². The Balaban J connectivity index is 2.28. The molecule has 0 aromatic heterocycles. The zero-order valence-corrected chi connectivity index (χ0v) is 6.68. The van der Waals surface area contributed by atoms with Crippen LogP contribution in [0.4, 0.5) is 0 Å². The van der Waals surface area contributed by atoms with E-state index in [-0.39, 0.29) is 0 Å². The summed E-state index contributed by atoms with van der Waals surface area (Å²) in [6.45, 7) is 4.46. The lowest BCUT2D eigenvalue weighted by atomic mass is 9.76. The van der Waals surface area contributed by atoms with Gasteiger partial charge in [0.2, 0.25) is 0 Å². The van der Waals surface area contributed by atoms with E-state index in [9.17, 15) is 4.79 Å². The molecule has 0 heterocycles. The van der Waals surface area contributed by atoms with Gasteiger partial charge in [0, 0.05) is 12.3 Å². The van der Waals surface area contributed by atoms with Gasteiger partial charge in [0.05, 0.1) is 0 Å². The summed E-state index contributed by atoms with van der Waals surface area (Å²) in [7, 11) is 0. The third-order valence-corrected chi connectivity index (χ3v) is 3.21. The predicted octanol–water partition coefficient (Wildman–Crippen LogP) is 2.01. The molecule has 2 fully saturated rings. The molecule has 2 saturated carbocycles. The molecule has 0 N–H and O–H groups in total. The van der Waals surface area contributed by atoms with Crippen molar-refractivity contribution >= 4 is 5.78 Å². The van der Waals surface area contributed by atoms with Crippen LogP contribution in [0.2, 0.25) is 0 Å². The van der Waals surface area contributed by atoms with Crippen molar-refractivity contribution < 1.29 is 4.79 Å². The van der Waals surface area contributed by atoms with Crippen LogP contribution >= 0.6 is 0 Å². The summed E-state index contributed by atoms with van der Waals surface area (Å²) in [6, 6.07) is 0. The van der Waals surface area contributed by atoms with Crippen LogP contribution in [0.1, 0.15) is 33.1 Å². The van der Waals surface area contributed by atoms with Gasteiger partial charge in [0.1, 0.15) is 5.78 Å². The zero-order chi connectivity index (χ0) is 7.35. The molecule has 1 heteroatoms. The van der Waals surface area contributed by atoms with Crippen LogP contribution in [0.3, 0.4) is 0 Å². The lowest BCUT2D eigenvalue weighted by Gasteiger charge is -2.27. The quantitative estimate of drug-likeness (QED) is 0.500. The molecule has 0 spiro atoms. The Morgan fingerprint density at radius 1 is 1.50 bits per heavy atom. The summed E-state index contributed by atoms with van der Waals surface area (Å²) < 4.78 is 0. The fourth-order valence-electron chi connectivity index (χ4n) is 2.77. The summed E-state index contributed by atoms with van der Waals surface area (Å²) in [4.78, 5) is 11.3. The van der Waals surface area contributed by atoms with Gasteiger partial charge in [-0.25, -0.2) is 0 Å². The number of Topliss-reactive ketones (excluding diaryl/α,β-unsaturated/α-hetero) is 1. The van der Waals surface area contributed by atoms with Crippen LogP contribution in [0.15, 0.2) is 0 Å². The lowest BCUT2D eigenvalue weighted by molar-refractivity contribution is -0.125. The molecule has 1 unspecified atom stereocenters. The average Bonchev–Trinajstić information content (AvgIpc) is 2.18. The molecule has 0 aliphatic heterocycles. The molecule has 56 valence electrons. The van der Waals surface area contributed by atoms with Gasteiger partial charge in [-0.1, -0.05) is 13.8 Å². The first-order valence-electron chi connectivity index (χ1n) is 4.12. The van der Waals surface area contributed by atoms with Crippen molar-refractivity contribution in [3.05, 3.63) is 0 Å². The molecule has 0 saturated heterocycles. The van der Waals surface area contributed by atoms with E-state index < -0.39 is 0 Å². The zero-order valence-electron chi connectivity index (χ0n) is 6.68. The maximum atomic E-state index is 11.3. The Hall–Kier alpha value is -0.330. The first-order chi connectivity index (χ1) is 4.59. The molecule has 0 aromatic rings. The lowest BCUT2D eigenvalue weighted by Crippen LogP contribution is -2.27. The van der Waals surface area contributed by atoms with Gasteiger partial charge in [-0.15, -0.1) is 0 Å². The third-order valence-electron chi connectivity index (χ3n) is 3.21. The monoisotopic (exact) mass is 138 g/mol. The minimum absolute atomic E-state index is 0.333. The molecule has 2 rings (SSSR count). The second-order valence-electron chi connectivity index (χ2n) is 4.52. The van der Waals surface area contributed by atoms with Crippen molar-refractivity contribution in [2.24, 2.45) is 17.3 Å². The smallest absolute Gasteiger partial charge is 0.136 e. The Morgan fingerprint density at radius 2 is 2.20 bits per heavy atom. The van der Waals surface area contributed by atoms with Gasteiger partial charge in [0.25, 0.3) is 0 Å². The number of ketones is 1. The van der Waals surface area contributed by atoms with E-state index in [1.165, 1.54) is 12.8 Å². The molecular formula is C9H14O. The van der Waals surface area contributed by atoms with Crippen molar-refractivity contribution in [3.8, 4) is 0 Å². The molecule has 1 nitrogen and oxygen atoms in total. The molecule has 2 aliphatic rings. The van der Waals surface area contributed by atoms with E-state index in [1.807, 2.05) is 0 Å². The molecule has 2 atom stereocenters. The van der Waals surface area contributed by atoms with Crippen molar-refractivity contribution in [3.63, 3.8) is 0 Å². The normalized spacial score (nSPS) is 42.8. The van der Waals surface area contributed by atoms with E-state index in [0.29, 0.717) is 17.1 Å². The van der Waals surface area contributed by atoms with Crippen LogP contribution < -0.4 is 0 Å². The van der Waals surface area contributed by atoms with Gasteiger partial charge in [-0.3, -0.25) is 4.79 Å². The largest absolute Gasteiger partial charge is 0.299 e. The molecule has 0 aromatic carbocycles. The van der Waals surface area contributed by atoms with Crippen molar-refractivity contribution in [2.75, 3.05) is 0 Å². The molecule has 0 radical (unpaired) electrons. The van der Waals surface area contributed by atoms with Gasteiger partial charge in [-0.05, 0) is 24.2 Å². The van der Waals surface area contributed by atoms with Gasteiger partial charge >= 0.3 is 0 Å². The fraction of sp³-hybridized carbons (Fsp3) is 0.889. The first-order valence-corrected chi connectivity index (χ1v) is 4.12. The highest BCUT2D eigenvalue weighted by atomic mass is 16.1. The van der Waals surface area contributed by atoms with E-state index in [1.54, 1.807) is 0 Å². The molecule has 2 aliphatic carbocycles. The number of hydrogen-bond donors (Lipinski definition) is 0. The van der Waals surface area contributed by atoms with Crippen LogP contribution in [0.5, 0.6) is 0 Å². The molecule has 10 heavy (non-hydrogen) atoms. The van der Waals surface area contributed by atoms with Crippen molar-refractivity contribution in [1.29, 1.82) is 0 Å².